The van der Waals surface area contributed by atoms with Gasteiger partial charge in [0.1, 0.15) is 0 Å². The summed E-state index contributed by atoms with van der Waals surface area (Å²) < 4.78 is 0. The van der Waals surface area contributed by atoms with E-state index in [1.165, 1.54) is 4.90 Å². The smallest absolute Gasteiger partial charge is 0.323 e. The van der Waals surface area contributed by atoms with E-state index in [0.717, 1.165) is 0 Å². The van der Waals surface area contributed by atoms with Crippen LogP contribution in [0.5, 0.6) is 0 Å². The van der Waals surface area contributed by atoms with Crippen molar-refractivity contribution < 1.29 is 4.79 Å². The zero-order chi connectivity index (χ0) is 14.0. The molecule has 0 aliphatic carbocycles. The maximum absolute atomic E-state index is 11.6. The minimum Gasteiger partial charge on any atom is -0.399 e. The van der Waals surface area contributed by atoms with Gasteiger partial charge in [0, 0.05) is 10.7 Å². The number of carbonyl (C=O) groups is 1. The van der Waals surface area contributed by atoms with Crippen LogP contribution in [-0.2, 0) is 0 Å². The molecule has 98 valence electrons. The van der Waals surface area contributed by atoms with E-state index in [2.05, 4.69) is 0 Å². The Morgan fingerprint density at radius 3 is 2.21 bits per heavy atom. The Labute approximate surface area is 120 Å². The molecule has 2 amide bonds. The molecule has 2 aromatic carbocycles. The molecule has 0 atom stereocenters. The summed E-state index contributed by atoms with van der Waals surface area (Å²) in [4.78, 5) is 12.9. The van der Waals surface area contributed by atoms with Gasteiger partial charge in [-0.25, -0.2) is 4.79 Å². The summed E-state index contributed by atoms with van der Waals surface area (Å²) in [6.45, 7) is 0. The van der Waals surface area contributed by atoms with Crippen LogP contribution in [0.25, 0.3) is 0 Å². The molecule has 6 heteroatoms. The van der Waals surface area contributed by atoms with Gasteiger partial charge in [-0.3, -0.25) is 4.90 Å². The second-order valence-electron chi connectivity index (χ2n) is 3.86. The lowest BCUT2D eigenvalue weighted by atomic mass is 10.2. The number of halogens is 2. The third kappa shape index (κ3) is 2.92. The maximum Gasteiger partial charge on any atom is 0.323 e. The fraction of sp³-hybridized carbons (Fsp3) is 0. The van der Waals surface area contributed by atoms with E-state index >= 15 is 0 Å². The summed E-state index contributed by atoms with van der Waals surface area (Å²) in [6, 6.07) is 10.9. The lowest BCUT2D eigenvalue weighted by molar-refractivity contribution is 0.256. The molecule has 2 aromatic rings. The fourth-order valence-electron chi connectivity index (χ4n) is 1.68. The second-order valence-corrected chi connectivity index (χ2v) is 4.70. The molecular weight excluding hydrogens is 285 g/mol. The number of carbonyl (C=O) groups excluding carboxylic acids is 1. The van der Waals surface area contributed by atoms with Crippen LogP contribution in [0.3, 0.4) is 0 Å². The topological polar surface area (TPSA) is 72.4 Å². The van der Waals surface area contributed by atoms with Crippen LogP contribution in [0, 0.1) is 0 Å². The molecule has 0 spiro atoms. The van der Waals surface area contributed by atoms with Crippen molar-refractivity contribution in [3.63, 3.8) is 0 Å². The third-order valence-electron chi connectivity index (χ3n) is 2.52. The molecular formula is C13H11Cl2N3O. The molecule has 0 fully saturated rings. The quantitative estimate of drug-likeness (QED) is 0.827. The van der Waals surface area contributed by atoms with E-state index in [1.54, 1.807) is 42.5 Å². The Bertz CT molecular complexity index is 614. The molecule has 0 saturated carbocycles. The Morgan fingerprint density at radius 2 is 1.68 bits per heavy atom. The highest BCUT2D eigenvalue weighted by Crippen LogP contribution is 2.33. The number of benzene rings is 2. The number of amides is 2. The van der Waals surface area contributed by atoms with Crippen LogP contribution < -0.4 is 16.4 Å². The SMILES string of the molecule is NC(=O)N(c1ccc(Cl)cc1)c1ccc(N)cc1Cl. The van der Waals surface area contributed by atoms with Gasteiger partial charge < -0.3 is 11.5 Å². The Balaban J connectivity index is 2.51. The molecule has 0 saturated heterocycles. The summed E-state index contributed by atoms with van der Waals surface area (Å²) in [5, 5.41) is 0.908. The first-order valence-electron chi connectivity index (χ1n) is 5.39. The number of primary amides is 1. The van der Waals surface area contributed by atoms with Gasteiger partial charge in [-0.1, -0.05) is 23.2 Å². The highest BCUT2D eigenvalue weighted by Gasteiger charge is 2.17. The Morgan fingerprint density at radius 1 is 1.05 bits per heavy atom. The lowest BCUT2D eigenvalue weighted by Gasteiger charge is -2.22. The molecule has 19 heavy (non-hydrogen) atoms. The summed E-state index contributed by atoms with van der Waals surface area (Å²) in [7, 11) is 0. The lowest BCUT2D eigenvalue weighted by Crippen LogP contribution is -2.31. The number of urea groups is 1. The maximum atomic E-state index is 11.6. The Hall–Kier alpha value is -1.91. The standard InChI is InChI=1S/C13H11Cl2N3O/c14-8-1-4-10(5-2-8)18(13(17)19)12-6-3-9(16)7-11(12)15/h1-7H,16H2,(H2,17,19). The van der Waals surface area contributed by atoms with Crippen LogP contribution in [-0.4, -0.2) is 6.03 Å². The van der Waals surface area contributed by atoms with Crippen LogP contribution in [0.15, 0.2) is 42.5 Å². The van der Waals surface area contributed by atoms with Crippen molar-refractivity contribution in [3.8, 4) is 0 Å². The molecule has 0 aromatic heterocycles. The first-order chi connectivity index (χ1) is 8.99. The third-order valence-corrected chi connectivity index (χ3v) is 3.07. The summed E-state index contributed by atoms with van der Waals surface area (Å²) in [6.07, 6.45) is 0. The van der Waals surface area contributed by atoms with Crippen LogP contribution in [0.2, 0.25) is 10.0 Å². The summed E-state index contributed by atoms with van der Waals surface area (Å²) >= 11 is 11.9. The van der Waals surface area contributed by atoms with Crippen molar-refractivity contribution in [3.05, 3.63) is 52.5 Å². The molecule has 0 aliphatic heterocycles. The fourth-order valence-corrected chi connectivity index (χ4v) is 2.08. The van der Waals surface area contributed by atoms with Gasteiger partial charge in [-0.05, 0) is 42.5 Å². The van der Waals surface area contributed by atoms with Crippen molar-refractivity contribution in [2.75, 3.05) is 10.6 Å². The second kappa shape index (κ2) is 5.38. The number of anilines is 3. The number of hydrogen-bond acceptors (Lipinski definition) is 2. The van der Waals surface area contributed by atoms with Crippen molar-refractivity contribution >= 4 is 46.3 Å². The predicted octanol–water partition coefficient (Wildman–Crippen LogP) is 3.79. The minimum atomic E-state index is -0.644. The minimum absolute atomic E-state index is 0.341. The molecule has 4 N–H and O–H groups in total. The summed E-state index contributed by atoms with van der Waals surface area (Å²) in [5.41, 5.74) is 12.6. The molecule has 0 aliphatic rings. The normalized spacial score (nSPS) is 10.2. The van der Waals surface area contributed by atoms with Gasteiger partial charge in [-0.15, -0.1) is 0 Å². The largest absolute Gasteiger partial charge is 0.399 e. The predicted molar refractivity (Wildman–Crippen MR) is 79.0 cm³/mol. The van der Waals surface area contributed by atoms with Gasteiger partial charge in [-0.2, -0.15) is 0 Å². The van der Waals surface area contributed by atoms with Gasteiger partial charge in [0.05, 0.1) is 16.4 Å². The van der Waals surface area contributed by atoms with E-state index in [4.69, 9.17) is 34.7 Å². The number of nitrogen functional groups attached to an aromatic ring is 1. The van der Waals surface area contributed by atoms with Gasteiger partial charge >= 0.3 is 6.03 Å². The number of nitrogens with zero attached hydrogens (tertiary/aromatic N) is 1. The van der Waals surface area contributed by atoms with Crippen molar-refractivity contribution in [2.45, 2.75) is 0 Å². The number of hydrogen-bond donors (Lipinski definition) is 2. The van der Waals surface area contributed by atoms with Crippen molar-refractivity contribution in [1.82, 2.24) is 0 Å². The van der Waals surface area contributed by atoms with Gasteiger partial charge in [0.15, 0.2) is 0 Å². The Kier molecular flexibility index (Phi) is 3.83. The van der Waals surface area contributed by atoms with Crippen LogP contribution in [0.4, 0.5) is 21.9 Å². The van der Waals surface area contributed by atoms with Crippen LogP contribution in [0.1, 0.15) is 0 Å². The number of rotatable bonds is 2. The first kappa shape index (κ1) is 13.5. The van der Waals surface area contributed by atoms with E-state index in [1.807, 2.05) is 0 Å². The molecule has 0 unspecified atom stereocenters. The van der Waals surface area contributed by atoms with E-state index < -0.39 is 6.03 Å². The average Bonchev–Trinajstić information content (AvgIpc) is 2.34. The van der Waals surface area contributed by atoms with Crippen molar-refractivity contribution in [2.24, 2.45) is 5.73 Å². The molecule has 0 heterocycles. The molecule has 2 rings (SSSR count). The van der Waals surface area contributed by atoms with E-state index in [0.29, 0.717) is 27.1 Å². The summed E-state index contributed by atoms with van der Waals surface area (Å²) in [5.74, 6) is 0. The monoisotopic (exact) mass is 295 g/mol. The first-order valence-corrected chi connectivity index (χ1v) is 6.15. The van der Waals surface area contributed by atoms with E-state index in [9.17, 15) is 4.79 Å². The van der Waals surface area contributed by atoms with Crippen molar-refractivity contribution in [1.29, 1.82) is 0 Å². The zero-order valence-electron chi connectivity index (χ0n) is 9.81. The average molecular weight is 296 g/mol. The van der Waals surface area contributed by atoms with Gasteiger partial charge in [0.25, 0.3) is 0 Å². The molecule has 0 bridgehead atoms. The highest BCUT2D eigenvalue weighted by molar-refractivity contribution is 6.34. The highest BCUT2D eigenvalue weighted by atomic mass is 35.5. The number of nitrogens with two attached hydrogens (primary N) is 2. The van der Waals surface area contributed by atoms with Crippen LogP contribution >= 0.6 is 23.2 Å². The van der Waals surface area contributed by atoms with Gasteiger partial charge in [0.2, 0.25) is 0 Å². The molecule has 4 nitrogen and oxygen atoms in total. The van der Waals surface area contributed by atoms with E-state index in [-0.39, 0.29) is 0 Å². The zero-order valence-corrected chi connectivity index (χ0v) is 11.3. The molecule has 0 radical (unpaired) electrons.